The molecule has 0 unspecified atom stereocenters. The molecular weight excluding hydrogens is 380 g/mol. The number of benzene rings is 2. The Bertz CT molecular complexity index is 870. The highest BCUT2D eigenvalue weighted by molar-refractivity contribution is 7.90. The summed E-state index contributed by atoms with van der Waals surface area (Å²) >= 11 is 0. The van der Waals surface area contributed by atoms with Gasteiger partial charge >= 0.3 is 0 Å². The molecule has 158 valence electrons. The van der Waals surface area contributed by atoms with E-state index in [0.717, 1.165) is 45.4 Å². The number of nitrogens with zero attached hydrogens (tertiary/aromatic N) is 1. The van der Waals surface area contributed by atoms with Crippen LogP contribution in [0.1, 0.15) is 37.3 Å². The number of aryl methyl sites for hydroxylation is 1. The molecule has 5 heteroatoms. The number of hydrogen-bond donors (Lipinski definition) is 1. The molecule has 4 nitrogen and oxygen atoms in total. The minimum Gasteiger partial charge on any atom is -0.385 e. The first-order chi connectivity index (χ1) is 13.9. The Morgan fingerprint density at radius 3 is 2.41 bits per heavy atom. The fraction of sp³-hybridized carbons (Fsp3) is 0.500. The lowest BCUT2D eigenvalue weighted by molar-refractivity contribution is 0.183. The predicted octanol–water partition coefficient (Wildman–Crippen LogP) is 4.41. The summed E-state index contributed by atoms with van der Waals surface area (Å²) < 4.78 is 23.2. The van der Waals surface area contributed by atoms with E-state index in [9.17, 15) is 8.42 Å². The second-order valence-corrected chi connectivity index (χ2v) is 10.3. The Morgan fingerprint density at radius 2 is 1.76 bits per heavy atom. The Labute approximate surface area is 176 Å². The number of piperidine rings is 1. The van der Waals surface area contributed by atoms with Crippen molar-refractivity contribution in [3.05, 3.63) is 59.7 Å². The zero-order chi connectivity index (χ0) is 20.7. The summed E-state index contributed by atoms with van der Waals surface area (Å²) in [6, 6.07) is 16.1. The third-order valence-electron chi connectivity index (χ3n) is 5.90. The molecule has 1 aliphatic rings. The zero-order valence-corrected chi connectivity index (χ0v) is 18.5. The summed E-state index contributed by atoms with van der Waals surface area (Å²) in [7, 11) is -3.10. The van der Waals surface area contributed by atoms with Gasteiger partial charge in [-0.2, -0.15) is 0 Å². The van der Waals surface area contributed by atoms with Crippen molar-refractivity contribution in [2.45, 2.75) is 43.9 Å². The Balaban J connectivity index is 1.35. The van der Waals surface area contributed by atoms with Gasteiger partial charge in [0.15, 0.2) is 9.84 Å². The SMILES string of the molecule is CCc1cccc(NCCCN2CCC(Cc3ccc(S(C)(=O)=O)cc3)CC2)c1. The molecule has 1 fully saturated rings. The third kappa shape index (κ3) is 6.86. The van der Waals surface area contributed by atoms with Gasteiger partial charge in [0.05, 0.1) is 4.90 Å². The summed E-state index contributed by atoms with van der Waals surface area (Å²) in [5, 5.41) is 3.55. The van der Waals surface area contributed by atoms with E-state index in [2.05, 4.69) is 41.4 Å². The number of hydrogen-bond acceptors (Lipinski definition) is 4. The van der Waals surface area contributed by atoms with E-state index in [-0.39, 0.29) is 0 Å². The van der Waals surface area contributed by atoms with E-state index < -0.39 is 9.84 Å². The molecule has 0 amide bonds. The molecule has 0 spiro atoms. The van der Waals surface area contributed by atoms with E-state index in [1.54, 1.807) is 12.1 Å². The van der Waals surface area contributed by atoms with Crippen LogP contribution in [-0.4, -0.2) is 45.8 Å². The van der Waals surface area contributed by atoms with E-state index in [1.807, 2.05) is 12.1 Å². The minimum atomic E-state index is -3.10. The first-order valence-electron chi connectivity index (χ1n) is 10.8. The van der Waals surface area contributed by atoms with E-state index >= 15 is 0 Å². The van der Waals surface area contributed by atoms with Gasteiger partial charge in [-0.1, -0.05) is 31.2 Å². The lowest BCUT2D eigenvalue weighted by Crippen LogP contribution is -2.35. The van der Waals surface area contributed by atoms with Crippen LogP contribution in [0.4, 0.5) is 5.69 Å². The van der Waals surface area contributed by atoms with Crippen LogP contribution in [-0.2, 0) is 22.7 Å². The van der Waals surface area contributed by atoms with Gasteiger partial charge in [-0.05, 0) is 93.0 Å². The monoisotopic (exact) mass is 414 g/mol. The van der Waals surface area contributed by atoms with Crippen molar-refractivity contribution in [2.24, 2.45) is 5.92 Å². The number of nitrogens with one attached hydrogen (secondary N) is 1. The van der Waals surface area contributed by atoms with Crippen molar-refractivity contribution in [3.63, 3.8) is 0 Å². The fourth-order valence-corrected chi connectivity index (χ4v) is 4.69. The summed E-state index contributed by atoms with van der Waals surface area (Å²) in [5.41, 5.74) is 3.85. The number of anilines is 1. The van der Waals surface area contributed by atoms with Gasteiger partial charge < -0.3 is 10.2 Å². The van der Waals surface area contributed by atoms with Gasteiger partial charge in [0.2, 0.25) is 0 Å². The first kappa shape index (κ1) is 21.8. The average Bonchev–Trinajstić information content (AvgIpc) is 2.72. The van der Waals surface area contributed by atoms with Crippen molar-refractivity contribution in [3.8, 4) is 0 Å². The quantitative estimate of drug-likeness (QED) is 0.618. The highest BCUT2D eigenvalue weighted by Crippen LogP contribution is 2.22. The molecule has 0 saturated carbocycles. The molecule has 1 aliphatic heterocycles. The maximum atomic E-state index is 11.6. The highest BCUT2D eigenvalue weighted by atomic mass is 32.2. The van der Waals surface area contributed by atoms with Gasteiger partial charge in [0.25, 0.3) is 0 Å². The topological polar surface area (TPSA) is 49.4 Å². The molecular formula is C24H34N2O2S. The maximum Gasteiger partial charge on any atom is 0.175 e. The normalized spacial score (nSPS) is 16.1. The summed E-state index contributed by atoms with van der Waals surface area (Å²) in [6.45, 7) is 6.68. The molecule has 0 atom stereocenters. The number of rotatable bonds is 9. The highest BCUT2D eigenvalue weighted by Gasteiger charge is 2.19. The van der Waals surface area contributed by atoms with Gasteiger partial charge in [-0.3, -0.25) is 0 Å². The fourth-order valence-electron chi connectivity index (χ4n) is 4.06. The van der Waals surface area contributed by atoms with Gasteiger partial charge in [0, 0.05) is 18.5 Å². The molecule has 1 N–H and O–H groups in total. The van der Waals surface area contributed by atoms with E-state index in [1.165, 1.54) is 35.9 Å². The van der Waals surface area contributed by atoms with Crippen molar-refractivity contribution < 1.29 is 8.42 Å². The second-order valence-electron chi connectivity index (χ2n) is 8.24. The van der Waals surface area contributed by atoms with Crippen LogP contribution in [0.15, 0.2) is 53.4 Å². The average molecular weight is 415 g/mol. The standard InChI is InChI=1S/C24H34N2O2S/c1-3-20-6-4-7-23(19-20)25-14-5-15-26-16-12-22(13-17-26)18-21-8-10-24(11-9-21)29(2,27)28/h4,6-11,19,22,25H,3,5,12-18H2,1-2H3. The smallest absolute Gasteiger partial charge is 0.175 e. The van der Waals surface area contributed by atoms with Crippen molar-refractivity contribution in [2.75, 3.05) is 37.8 Å². The molecule has 0 aliphatic carbocycles. The first-order valence-corrected chi connectivity index (χ1v) is 12.7. The number of likely N-dealkylation sites (tertiary alicyclic amines) is 1. The molecule has 3 rings (SSSR count). The van der Waals surface area contributed by atoms with Crippen LogP contribution in [0.25, 0.3) is 0 Å². The largest absolute Gasteiger partial charge is 0.385 e. The molecule has 0 radical (unpaired) electrons. The summed E-state index contributed by atoms with van der Waals surface area (Å²) in [5.74, 6) is 0.699. The number of sulfone groups is 1. The zero-order valence-electron chi connectivity index (χ0n) is 17.7. The van der Waals surface area contributed by atoms with E-state index in [4.69, 9.17) is 0 Å². The minimum absolute atomic E-state index is 0.408. The Hall–Kier alpha value is -1.85. The van der Waals surface area contributed by atoms with Crippen LogP contribution in [0, 0.1) is 5.92 Å². The lowest BCUT2D eigenvalue weighted by atomic mass is 9.90. The van der Waals surface area contributed by atoms with Crippen LogP contribution in [0.2, 0.25) is 0 Å². The predicted molar refractivity (Wildman–Crippen MR) is 121 cm³/mol. The molecule has 29 heavy (non-hydrogen) atoms. The maximum absolute atomic E-state index is 11.6. The molecule has 1 saturated heterocycles. The van der Waals surface area contributed by atoms with Crippen molar-refractivity contribution in [1.82, 2.24) is 4.90 Å². The summed E-state index contributed by atoms with van der Waals surface area (Å²) in [4.78, 5) is 2.99. The summed E-state index contributed by atoms with van der Waals surface area (Å²) in [6.07, 6.45) is 6.99. The van der Waals surface area contributed by atoms with Crippen molar-refractivity contribution in [1.29, 1.82) is 0 Å². The van der Waals surface area contributed by atoms with Crippen LogP contribution in [0.3, 0.4) is 0 Å². The molecule has 2 aromatic rings. The van der Waals surface area contributed by atoms with Crippen molar-refractivity contribution >= 4 is 15.5 Å². The van der Waals surface area contributed by atoms with E-state index in [0.29, 0.717) is 10.8 Å². The van der Waals surface area contributed by atoms with Crippen LogP contribution < -0.4 is 5.32 Å². The van der Waals surface area contributed by atoms with Gasteiger partial charge in [0.1, 0.15) is 0 Å². The van der Waals surface area contributed by atoms with Gasteiger partial charge in [-0.15, -0.1) is 0 Å². The van der Waals surface area contributed by atoms with Crippen LogP contribution >= 0.6 is 0 Å². The lowest BCUT2D eigenvalue weighted by Gasteiger charge is -2.32. The van der Waals surface area contributed by atoms with Crippen LogP contribution in [0.5, 0.6) is 0 Å². The van der Waals surface area contributed by atoms with Gasteiger partial charge in [-0.25, -0.2) is 8.42 Å². The molecule has 2 aromatic carbocycles. The Morgan fingerprint density at radius 1 is 1.03 bits per heavy atom. The Kier molecular flexibility index (Phi) is 7.73. The third-order valence-corrected chi connectivity index (χ3v) is 7.03. The molecule has 1 heterocycles. The second kappa shape index (κ2) is 10.3. The molecule has 0 bridgehead atoms. The molecule has 0 aromatic heterocycles.